The minimum absolute atomic E-state index is 0.180. The van der Waals surface area contributed by atoms with Crippen LogP contribution >= 0.6 is 0 Å². The van der Waals surface area contributed by atoms with Crippen LogP contribution < -0.4 is 0 Å². The average Bonchev–Trinajstić information content (AvgIpc) is 2.94. The quantitative estimate of drug-likeness (QED) is 0.814. The molecule has 2 atom stereocenters. The first kappa shape index (κ1) is 12.0. The average molecular weight is 249 g/mol. The largest absolute Gasteiger partial charge is 0.371 e. The molecule has 0 N–H and O–H groups in total. The number of rotatable bonds is 2. The summed E-state index contributed by atoms with van der Waals surface area (Å²) in [6, 6.07) is 22.5. The molecule has 0 saturated carbocycles. The third kappa shape index (κ3) is 1.93. The lowest BCUT2D eigenvalue weighted by Crippen LogP contribution is -2.27. The van der Waals surface area contributed by atoms with Gasteiger partial charge < -0.3 is 4.74 Å². The lowest BCUT2D eigenvalue weighted by molar-refractivity contribution is 0.0916. The van der Waals surface area contributed by atoms with E-state index < -0.39 is 5.41 Å². The van der Waals surface area contributed by atoms with Crippen LogP contribution in [0, 0.1) is 11.3 Å². The van der Waals surface area contributed by atoms with Crippen molar-refractivity contribution in [1.29, 1.82) is 5.26 Å². The van der Waals surface area contributed by atoms with Gasteiger partial charge >= 0.3 is 0 Å². The third-order valence-electron chi connectivity index (χ3n) is 3.82. The van der Waals surface area contributed by atoms with Crippen molar-refractivity contribution < 1.29 is 4.74 Å². The maximum Gasteiger partial charge on any atom is 0.115 e. The molecular weight excluding hydrogens is 234 g/mol. The van der Waals surface area contributed by atoms with Crippen molar-refractivity contribution in [2.75, 3.05) is 6.61 Å². The normalized spacial score (nSPS) is 25.9. The maximum absolute atomic E-state index is 9.77. The van der Waals surface area contributed by atoms with Gasteiger partial charge in [0, 0.05) is 6.61 Å². The molecule has 2 heteroatoms. The van der Waals surface area contributed by atoms with Gasteiger partial charge in [-0.05, 0) is 17.5 Å². The van der Waals surface area contributed by atoms with Gasteiger partial charge in [0.05, 0.1) is 6.07 Å². The summed E-state index contributed by atoms with van der Waals surface area (Å²) in [5.74, 6) is 0. The van der Waals surface area contributed by atoms with Crippen molar-refractivity contribution in [1.82, 2.24) is 0 Å². The Kier molecular flexibility index (Phi) is 3.06. The second-order valence-electron chi connectivity index (χ2n) is 4.86. The number of hydrogen-bond donors (Lipinski definition) is 0. The smallest absolute Gasteiger partial charge is 0.115 e. The molecule has 0 amide bonds. The Morgan fingerprint density at radius 1 is 1.00 bits per heavy atom. The summed E-state index contributed by atoms with van der Waals surface area (Å²) < 4.78 is 5.88. The summed E-state index contributed by atoms with van der Waals surface area (Å²) in [7, 11) is 0. The SMILES string of the molecule is N#C[C@@]1(c2ccccc2)CCO[C@H]1c1ccccc1. The second kappa shape index (κ2) is 4.87. The maximum atomic E-state index is 9.77. The van der Waals surface area contributed by atoms with Crippen LogP contribution in [0.25, 0.3) is 0 Å². The Bertz CT molecular complexity index is 588. The van der Waals surface area contributed by atoms with E-state index in [0.717, 1.165) is 17.5 Å². The minimum atomic E-state index is -0.567. The lowest BCUT2D eigenvalue weighted by Gasteiger charge is -2.27. The van der Waals surface area contributed by atoms with Crippen molar-refractivity contribution in [3.63, 3.8) is 0 Å². The minimum Gasteiger partial charge on any atom is -0.371 e. The molecule has 1 aliphatic heterocycles. The van der Waals surface area contributed by atoms with Gasteiger partial charge in [-0.25, -0.2) is 0 Å². The number of nitrogens with zero attached hydrogens (tertiary/aromatic N) is 1. The van der Waals surface area contributed by atoms with Crippen LogP contribution in [0.5, 0.6) is 0 Å². The van der Waals surface area contributed by atoms with E-state index in [0.29, 0.717) is 6.61 Å². The standard InChI is InChI=1S/C17H15NO/c18-13-17(15-9-5-2-6-10-15)11-12-19-16(17)14-7-3-1-4-8-14/h1-10,16H,11-12H2/t16-,17+/m0/s1. The van der Waals surface area contributed by atoms with Crippen molar-refractivity contribution in [2.24, 2.45) is 0 Å². The third-order valence-corrected chi connectivity index (χ3v) is 3.82. The molecule has 1 aliphatic rings. The molecule has 1 saturated heterocycles. The molecule has 0 bridgehead atoms. The zero-order valence-corrected chi connectivity index (χ0v) is 10.6. The molecule has 0 aliphatic carbocycles. The summed E-state index contributed by atoms with van der Waals surface area (Å²) in [5, 5.41) is 9.77. The summed E-state index contributed by atoms with van der Waals surface area (Å²) >= 11 is 0. The van der Waals surface area contributed by atoms with Crippen molar-refractivity contribution in [2.45, 2.75) is 17.9 Å². The van der Waals surface area contributed by atoms with E-state index in [1.807, 2.05) is 60.7 Å². The van der Waals surface area contributed by atoms with Crippen LogP contribution in [0.1, 0.15) is 23.7 Å². The van der Waals surface area contributed by atoms with Gasteiger partial charge in [0.2, 0.25) is 0 Å². The summed E-state index contributed by atoms with van der Waals surface area (Å²) in [4.78, 5) is 0. The fourth-order valence-electron chi connectivity index (χ4n) is 2.83. The monoisotopic (exact) mass is 249 g/mol. The molecular formula is C17H15NO. The van der Waals surface area contributed by atoms with Crippen LogP contribution in [0.15, 0.2) is 60.7 Å². The Morgan fingerprint density at radius 2 is 1.63 bits per heavy atom. The Morgan fingerprint density at radius 3 is 2.26 bits per heavy atom. The second-order valence-corrected chi connectivity index (χ2v) is 4.86. The summed E-state index contributed by atoms with van der Waals surface area (Å²) in [6.45, 7) is 0.627. The van der Waals surface area contributed by atoms with Crippen molar-refractivity contribution >= 4 is 0 Å². The molecule has 2 aromatic carbocycles. The first-order valence-electron chi connectivity index (χ1n) is 6.50. The molecule has 2 aromatic rings. The van der Waals surface area contributed by atoms with Gasteiger partial charge in [0.15, 0.2) is 0 Å². The zero-order chi connectivity index (χ0) is 13.1. The van der Waals surface area contributed by atoms with E-state index in [1.54, 1.807) is 0 Å². The first-order chi connectivity index (χ1) is 9.37. The first-order valence-corrected chi connectivity index (χ1v) is 6.50. The summed E-state index contributed by atoms with van der Waals surface area (Å²) in [5.41, 5.74) is 1.55. The van der Waals surface area contributed by atoms with E-state index in [2.05, 4.69) is 6.07 Å². The molecule has 2 nitrogen and oxygen atoms in total. The molecule has 3 rings (SSSR count). The predicted octanol–water partition coefficient (Wildman–Crippen LogP) is 3.61. The highest BCUT2D eigenvalue weighted by Gasteiger charge is 2.46. The van der Waals surface area contributed by atoms with Gasteiger partial charge in [-0.1, -0.05) is 60.7 Å². The van der Waals surface area contributed by atoms with E-state index >= 15 is 0 Å². The van der Waals surface area contributed by atoms with Gasteiger partial charge in [-0.2, -0.15) is 5.26 Å². The van der Waals surface area contributed by atoms with E-state index in [1.165, 1.54) is 0 Å². The van der Waals surface area contributed by atoms with Crippen LogP contribution in [-0.2, 0) is 10.2 Å². The lowest BCUT2D eigenvalue weighted by atomic mass is 9.74. The van der Waals surface area contributed by atoms with E-state index in [4.69, 9.17) is 4.74 Å². The molecule has 1 heterocycles. The number of benzene rings is 2. The number of ether oxygens (including phenoxy) is 1. The predicted molar refractivity (Wildman–Crippen MR) is 73.5 cm³/mol. The Balaban J connectivity index is 2.08. The number of nitriles is 1. The van der Waals surface area contributed by atoms with Crippen molar-refractivity contribution in [3.8, 4) is 6.07 Å². The van der Waals surface area contributed by atoms with Crippen LogP contribution in [0.3, 0.4) is 0 Å². The van der Waals surface area contributed by atoms with Crippen molar-refractivity contribution in [3.05, 3.63) is 71.8 Å². The molecule has 0 spiro atoms. The Labute approximate surface area is 113 Å². The van der Waals surface area contributed by atoms with Gasteiger partial charge in [-0.3, -0.25) is 0 Å². The van der Waals surface area contributed by atoms with E-state index in [-0.39, 0.29) is 6.10 Å². The van der Waals surface area contributed by atoms with Gasteiger partial charge in [0.25, 0.3) is 0 Å². The number of hydrogen-bond acceptors (Lipinski definition) is 2. The molecule has 0 radical (unpaired) electrons. The summed E-state index contributed by atoms with van der Waals surface area (Å²) in [6.07, 6.45) is 0.564. The highest BCUT2D eigenvalue weighted by atomic mass is 16.5. The van der Waals surface area contributed by atoms with Crippen LogP contribution in [0.4, 0.5) is 0 Å². The highest BCUT2D eigenvalue weighted by molar-refractivity contribution is 5.39. The fourth-order valence-corrected chi connectivity index (χ4v) is 2.83. The molecule has 0 unspecified atom stereocenters. The highest BCUT2D eigenvalue weighted by Crippen LogP contribution is 2.46. The topological polar surface area (TPSA) is 33.0 Å². The fraction of sp³-hybridized carbons (Fsp3) is 0.235. The van der Waals surface area contributed by atoms with Crippen LogP contribution in [0.2, 0.25) is 0 Å². The van der Waals surface area contributed by atoms with Gasteiger partial charge in [0.1, 0.15) is 11.5 Å². The Hall–Kier alpha value is -2.11. The van der Waals surface area contributed by atoms with E-state index in [9.17, 15) is 5.26 Å². The molecule has 94 valence electrons. The zero-order valence-electron chi connectivity index (χ0n) is 10.6. The van der Waals surface area contributed by atoms with Gasteiger partial charge in [-0.15, -0.1) is 0 Å². The molecule has 19 heavy (non-hydrogen) atoms. The van der Waals surface area contributed by atoms with Crippen LogP contribution in [-0.4, -0.2) is 6.61 Å². The molecule has 0 aromatic heterocycles. The molecule has 1 fully saturated rings.